The standard InChI is InChI=1S/C18H17N3OS/c1-12-5-3-8-16(13(12)2)21-17(22)14-6-4-7-15(11-14)20-18-19-9-10-23-18/h3-11H,1-2H3,(H,19,20)(H,21,22). The Kier molecular flexibility index (Phi) is 4.39. The number of rotatable bonds is 4. The average molecular weight is 323 g/mol. The lowest BCUT2D eigenvalue weighted by Gasteiger charge is -2.11. The average Bonchev–Trinajstić information content (AvgIpc) is 3.05. The Morgan fingerprint density at radius 2 is 1.96 bits per heavy atom. The summed E-state index contributed by atoms with van der Waals surface area (Å²) in [6.07, 6.45) is 1.74. The van der Waals surface area contributed by atoms with E-state index in [4.69, 9.17) is 0 Å². The number of carbonyl (C=O) groups excluding carboxylic acids is 1. The lowest BCUT2D eigenvalue weighted by molar-refractivity contribution is 0.102. The Morgan fingerprint density at radius 1 is 1.13 bits per heavy atom. The first-order chi connectivity index (χ1) is 11.1. The van der Waals surface area contributed by atoms with Crippen LogP contribution in [0.5, 0.6) is 0 Å². The quantitative estimate of drug-likeness (QED) is 0.728. The topological polar surface area (TPSA) is 54.0 Å². The predicted molar refractivity (Wildman–Crippen MR) is 95.7 cm³/mol. The van der Waals surface area contributed by atoms with Crippen molar-refractivity contribution in [2.45, 2.75) is 13.8 Å². The Hall–Kier alpha value is -2.66. The van der Waals surface area contributed by atoms with Gasteiger partial charge in [-0.25, -0.2) is 4.98 Å². The summed E-state index contributed by atoms with van der Waals surface area (Å²) in [5.41, 5.74) is 4.52. The smallest absolute Gasteiger partial charge is 0.255 e. The van der Waals surface area contributed by atoms with E-state index in [9.17, 15) is 4.79 Å². The highest BCUT2D eigenvalue weighted by molar-refractivity contribution is 7.13. The van der Waals surface area contributed by atoms with E-state index in [2.05, 4.69) is 15.6 Å². The maximum atomic E-state index is 12.5. The number of carbonyl (C=O) groups is 1. The first kappa shape index (κ1) is 15.2. The van der Waals surface area contributed by atoms with Gasteiger partial charge in [0.2, 0.25) is 0 Å². The number of nitrogens with zero attached hydrogens (tertiary/aromatic N) is 1. The number of aryl methyl sites for hydroxylation is 1. The van der Waals surface area contributed by atoms with E-state index in [0.717, 1.165) is 27.6 Å². The summed E-state index contributed by atoms with van der Waals surface area (Å²) in [6.45, 7) is 4.04. The first-order valence-corrected chi connectivity index (χ1v) is 8.15. The molecule has 116 valence electrons. The van der Waals surface area contributed by atoms with Crippen LogP contribution in [-0.2, 0) is 0 Å². The molecule has 0 aliphatic carbocycles. The number of nitrogens with one attached hydrogen (secondary N) is 2. The van der Waals surface area contributed by atoms with Crippen LogP contribution in [0.4, 0.5) is 16.5 Å². The van der Waals surface area contributed by atoms with Crippen LogP contribution in [-0.4, -0.2) is 10.9 Å². The van der Waals surface area contributed by atoms with Crippen LogP contribution in [0.1, 0.15) is 21.5 Å². The second-order valence-electron chi connectivity index (χ2n) is 5.24. The van der Waals surface area contributed by atoms with Crippen molar-refractivity contribution in [1.29, 1.82) is 0 Å². The van der Waals surface area contributed by atoms with E-state index < -0.39 is 0 Å². The molecule has 0 fully saturated rings. The molecule has 4 nitrogen and oxygen atoms in total. The van der Waals surface area contributed by atoms with Crippen molar-refractivity contribution in [3.8, 4) is 0 Å². The Labute approximate surface area is 139 Å². The van der Waals surface area contributed by atoms with E-state index in [1.807, 2.05) is 55.6 Å². The summed E-state index contributed by atoms with van der Waals surface area (Å²) in [5.74, 6) is -0.124. The van der Waals surface area contributed by atoms with Crippen LogP contribution in [0.3, 0.4) is 0 Å². The highest BCUT2D eigenvalue weighted by Crippen LogP contribution is 2.22. The van der Waals surface area contributed by atoms with E-state index in [1.54, 1.807) is 12.3 Å². The van der Waals surface area contributed by atoms with E-state index >= 15 is 0 Å². The summed E-state index contributed by atoms with van der Waals surface area (Å²) < 4.78 is 0. The molecule has 0 aliphatic heterocycles. The predicted octanol–water partition coefficient (Wildman–Crippen LogP) is 4.76. The molecule has 1 aromatic heterocycles. The molecule has 2 aromatic carbocycles. The third kappa shape index (κ3) is 3.57. The van der Waals surface area contributed by atoms with Crippen molar-refractivity contribution in [2.24, 2.45) is 0 Å². The molecule has 2 N–H and O–H groups in total. The van der Waals surface area contributed by atoms with Gasteiger partial charge in [-0.2, -0.15) is 0 Å². The van der Waals surface area contributed by atoms with Crippen molar-refractivity contribution in [1.82, 2.24) is 4.98 Å². The number of anilines is 3. The maximum absolute atomic E-state index is 12.5. The number of hydrogen-bond donors (Lipinski definition) is 2. The fourth-order valence-corrected chi connectivity index (χ4v) is 2.78. The third-order valence-corrected chi connectivity index (χ3v) is 4.35. The van der Waals surface area contributed by atoms with Gasteiger partial charge < -0.3 is 10.6 Å². The van der Waals surface area contributed by atoms with Gasteiger partial charge in [-0.15, -0.1) is 11.3 Å². The minimum absolute atomic E-state index is 0.124. The van der Waals surface area contributed by atoms with E-state index in [1.165, 1.54) is 11.3 Å². The number of thiazole rings is 1. The minimum Gasteiger partial charge on any atom is -0.332 e. The van der Waals surface area contributed by atoms with E-state index in [0.29, 0.717) is 5.56 Å². The van der Waals surface area contributed by atoms with Gasteiger partial charge in [0.1, 0.15) is 0 Å². The monoisotopic (exact) mass is 323 g/mol. The molecule has 5 heteroatoms. The van der Waals surface area contributed by atoms with Gasteiger partial charge in [-0.3, -0.25) is 4.79 Å². The molecule has 0 aliphatic rings. The summed E-state index contributed by atoms with van der Waals surface area (Å²) in [5, 5.41) is 8.87. The molecule has 0 bridgehead atoms. The molecular weight excluding hydrogens is 306 g/mol. The number of benzene rings is 2. The molecule has 0 saturated carbocycles. The van der Waals surface area contributed by atoms with Crippen LogP contribution in [0.25, 0.3) is 0 Å². The largest absolute Gasteiger partial charge is 0.332 e. The van der Waals surface area contributed by atoms with Crippen molar-refractivity contribution in [3.05, 3.63) is 70.7 Å². The number of aromatic nitrogens is 1. The molecule has 1 heterocycles. The van der Waals surface area contributed by atoms with Crippen molar-refractivity contribution in [2.75, 3.05) is 10.6 Å². The molecule has 0 saturated heterocycles. The van der Waals surface area contributed by atoms with Gasteiger partial charge in [-0.05, 0) is 49.2 Å². The van der Waals surface area contributed by atoms with Crippen LogP contribution in [0, 0.1) is 13.8 Å². The Balaban J connectivity index is 1.78. The Morgan fingerprint density at radius 3 is 2.74 bits per heavy atom. The second kappa shape index (κ2) is 6.62. The van der Waals surface area contributed by atoms with Crippen molar-refractivity contribution in [3.63, 3.8) is 0 Å². The zero-order valence-corrected chi connectivity index (χ0v) is 13.8. The molecular formula is C18H17N3OS. The lowest BCUT2D eigenvalue weighted by Crippen LogP contribution is -2.13. The van der Waals surface area contributed by atoms with Crippen LogP contribution in [0.15, 0.2) is 54.0 Å². The summed E-state index contributed by atoms with van der Waals surface area (Å²) in [4.78, 5) is 16.7. The minimum atomic E-state index is -0.124. The summed E-state index contributed by atoms with van der Waals surface area (Å²) in [7, 11) is 0. The highest BCUT2D eigenvalue weighted by atomic mass is 32.1. The van der Waals surface area contributed by atoms with Crippen molar-refractivity contribution >= 4 is 33.8 Å². The van der Waals surface area contributed by atoms with Gasteiger partial charge in [-0.1, -0.05) is 18.2 Å². The third-order valence-electron chi connectivity index (χ3n) is 3.66. The molecule has 23 heavy (non-hydrogen) atoms. The molecule has 0 unspecified atom stereocenters. The zero-order valence-electron chi connectivity index (χ0n) is 13.0. The first-order valence-electron chi connectivity index (χ1n) is 7.27. The Bertz CT molecular complexity index is 828. The zero-order chi connectivity index (χ0) is 16.2. The van der Waals surface area contributed by atoms with Crippen LogP contribution < -0.4 is 10.6 Å². The number of amides is 1. The van der Waals surface area contributed by atoms with E-state index in [-0.39, 0.29) is 5.91 Å². The molecule has 0 radical (unpaired) electrons. The normalized spacial score (nSPS) is 10.3. The van der Waals surface area contributed by atoms with Gasteiger partial charge in [0, 0.05) is 28.5 Å². The molecule has 3 rings (SSSR count). The van der Waals surface area contributed by atoms with Gasteiger partial charge in [0.15, 0.2) is 5.13 Å². The molecule has 0 spiro atoms. The van der Waals surface area contributed by atoms with Crippen LogP contribution in [0.2, 0.25) is 0 Å². The highest BCUT2D eigenvalue weighted by Gasteiger charge is 2.09. The van der Waals surface area contributed by atoms with Crippen molar-refractivity contribution < 1.29 is 4.79 Å². The summed E-state index contributed by atoms with van der Waals surface area (Å²) in [6, 6.07) is 13.3. The van der Waals surface area contributed by atoms with Gasteiger partial charge >= 0.3 is 0 Å². The molecule has 3 aromatic rings. The fourth-order valence-electron chi connectivity index (χ4n) is 2.23. The summed E-state index contributed by atoms with van der Waals surface area (Å²) >= 11 is 1.52. The SMILES string of the molecule is Cc1cccc(NC(=O)c2cccc(Nc3nccs3)c2)c1C. The maximum Gasteiger partial charge on any atom is 0.255 e. The lowest BCUT2D eigenvalue weighted by atomic mass is 10.1. The van der Waals surface area contributed by atoms with Gasteiger partial charge in [0.25, 0.3) is 5.91 Å². The second-order valence-corrected chi connectivity index (χ2v) is 6.14. The van der Waals surface area contributed by atoms with Crippen LogP contribution >= 0.6 is 11.3 Å². The molecule has 0 atom stereocenters. The number of hydrogen-bond acceptors (Lipinski definition) is 4. The molecule has 1 amide bonds. The van der Waals surface area contributed by atoms with Gasteiger partial charge in [0.05, 0.1) is 0 Å². The fraction of sp³-hybridized carbons (Fsp3) is 0.111.